The topological polar surface area (TPSA) is 209 Å². The van der Waals surface area contributed by atoms with Crippen molar-refractivity contribution in [1.29, 1.82) is 10.5 Å². The Labute approximate surface area is 198 Å². The Kier molecular flexibility index (Phi) is 7.39. The van der Waals surface area contributed by atoms with E-state index in [4.69, 9.17) is 24.8 Å². The normalized spacial score (nSPS) is 26.0. The number of benzene rings is 2. The minimum Gasteiger partial charge on any atom is -0.508 e. The summed E-state index contributed by atoms with van der Waals surface area (Å²) in [6, 6.07) is 6.50. The first kappa shape index (κ1) is 25.2. The minimum absolute atomic E-state index is 0.0574. The highest BCUT2D eigenvalue weighted by Crippen LogP contribution is 2.40. The van der Waals surface area contributed by atoms with Gasteiger partial charge in [-0.15, -0.1) is 0 Å². The van der Waals surface area contributed by atoms with Gasteiger partial charge in [0, 0.05) is 11.6 Å². The van der Waals surface area contributed by atoms with Crippen LogP contribution in [-0.4, -0.2) is 60.9 Å². The van der Waals surface area contributed by atoms with Gasteiger partial charge >= 0.3 is 0 Å². The highest BCUT2D eigenvalue weighted by Gasteiger charge is 2.56. The van der Waals surface area contributed by atoms with Crippen LogP contribution in [0.15, 0.2) is 41.6 Å². The number of hydrogen-bond acceptors (Lipinski definition) is 13. The molecule has 5 unspecified atom stereocenters. The van der Waals surface area contributed by atoms with Crippen LogP contribution >= 0.6 is 0 Å². The van der Waals surface area contributed by atoms with Crippen LogP contribution in [0.1, 0.15) is 18.1 Å². The molecule has 1 aliphatic rings. The summed E-state index contributed by atoms with van der Waals surface area (Å²) < 4.78 is 11.0. The van der Waals surface area contributed by atoms with Gasteiger partial charge in [-0.05, 0) is 30.7 Å². The van der Waals surface area contributed by atoms with Crippen molar-refractivity contribution < 1.29 is 39.8 Å². The molecule has 3 rings (SSSR count). The molecule has 0 aromatic heterocycles. The van der Waals surface area contributed by atoms with Gasteiger partial charge in [0.15, 0.2) is 17.5 Å². The van der Waals surface area contributed by atoms with E-state index in [1.807, 2.05) is 0 Å². The Morgan fingerprint density at radius 3 is 2.37 bits per heavy atom. The Bertz CT molecular complexity index is 1170. The fourth-order valence-corrected chi connectivity index (χ4v) is 3.30. The van der Waals surface area contributed by atoms with Crippen LogP contribution < -0.4 is 4.74 Å². The Morgan fingerprint density at radius 1 is 1.11 bits per heavy atom. The first-order valence-corrected chi connectivity index (χ1v) is 9.95. The standard InChI is InChI=1S/C22H20N4O9/c1-22(31)19(25-32)17(30)20(34-21(22)35-26(10-23)11-24)33-18-13(8-15(28)9-16(18)29)5-2-12-3-6-14(27)7-4-12/h2-9,17,19-21,27-31H,1H3/b5-2+. The molecule has 0 aliphatic carbocycles. The molecule has 13 heteroatoms. The van der Waals surface area contributed by atoms with E-state index >= 15 is 0 Å². The summed E-state index contributed by atoms with van der Waals surface area (Å²) in [5, 5.41) is 71.6. The van der Waals surface area contributed by atoms with Crippen molar-refractivity contribution in [3.05, 3.63) is 52.4 Å². The molecule has 2 aromatic carbocycles. The van der Waals surface area contributed by atoms with Crippen LogP contribution in [0.5, 0.6) is 23.0 Å². The fourth-order valence-electron chi connectivity index (χ4n) is 3.30. The minimum atomic E-state index is -2.29. The van der Waals surface area contributed by atoms with Gasteiger partial charge in [0.2, 0.25) is 25.0 Å². The first-order valence-electron chi connectivity index (χ1n) is 9.95. The Balaban J connectivity index is 1.95. The highest BCUT2D eigenvalue weighted by atomic mass is 16.8. The molecule has 1 fully saturated rings. The zero-order valence-corrected chi connectivity index (χ0v) is 18.1. The van der Waals surface area contributed by atoms with Crippen LogP contribution in [-0.2, 0) is 9.57 Å². The number of nitriles is 2. The largest absolute Gasteiger partial charge is 0.508 e. The molecule has 0 bridgehead atoms. The molecule has 2 aromatic rings. The predicted molar refractivity (Wildman–Crippen MR) is 116 cm³/mol. The van der Waals surface area contributed by atoms with Crippen LogP contribution in [0, 0.1) is 27.8 Å². The van der Waals surface area contributed by atoms with E-state index in [1.165, 1.54) is 36.7 Å². The molecule has 13 nitrogen and oxygen atoms in total. The van der Waals surface area contributed by atoms with Crippen molar-refractivity contribution in [2.24, 2.45) is 5.18 Å². The molecule has 0 radical (unpaired) electrons. The van der Waals surface area contributed by atoms with Gasteiger partial charge in [-0.25, -0.2) is 4.84 Å². The summed E-state index contributed by atoms with van der Waals surface area (Å²) in [6.07, 6.45) is 0.220. The lowest BCUT2D eigenvalue weighted by Gasteiger charge is -2.44. The number of phenols is 3. The quantitative estimate of drug-likeness (QED) is 0.124. The van der Waals surface area contributed by atoms with Crippen molar-refractivity contribution in [2.75, 3.05) is 0 Å². The number of nitrogens with zero attached hydrogens (tertiary/aromatic N) is 4. The number of nitroso groups, excluding NO2 is 1. The molecule has 1 saturated heterocycles. The van der Waals surface area contributed by atoms with Gasteiger partial charge < -0.3 is 35.0 Å². The second kappa shape index (κ2) is 10.3. The number of aliphatic hydroxyl groups excluding tert-OH is 1. The lowest BCUT2D eigenvalue weighted by atomic mass is 9.89. The Morgan fingerprint density at radius 2 is 1.77 bits per heavy atom. The predicted octanol–water partition coefficient (Wildman–Crippen LogP) is 1.48. The van der Waals surface area contributed by atoms with E-state index in [0.29, 0.717) is 5.56 Å². The number of rotatable bonds is 7. The third-order valence-corrected chi connectivity index (χ3v) is 5.10. The number of hydroxylamine groups is 2. The second-order valence-corrected chi connectivity index (χ2v) is 7.63. The molecule has 0 amide bonds. The highest BCUT2D eigenvalue weighted by molar-refractivity contribution is 5.75. The molecule has 1 aliphatic heterocycles. The second-order valence-electron chi connectivity index (χ2n) is 7.63. The van der Waals surface area contributed by atoms with E-state index < -0.39 is 36.1 Å². The molecular weight excluding hydrogens is 464 g/mol. The van der Waals surface area contributed by atoms with Crippen molar-refractivity contribution >= 4 is 12.2 Å². The Hall–Kier alpha value is -4.40. The van der Waals surface area contributed by atoms with Crippen molar-refractivity contribution in [3.63, 3.8) is 0 Å². The van der Waals surface area contributed by atoms with Gasteiger partial charge in [0.05, 0.1) is 0 Å². The molecule has 5 atom stereocenters. The van der Waals surface area contributed by atoms with E-state index in [2.05, 4.69) is 5.18 Å². The number of ether oxygens (including phenoxy) is 2. The lowest BCUT2D eigenvalue weighted by Crippen LogP contribution is -2.66. The average molecular weight is 484 g/mol. The zero-order chi connectivity index (χ0) is 25.8. The van der Waals surface area contributed by atoms with Crippen molar-refractivity contribution in [2.45, 2.75) is 37.3 Å². The van der Waals surface area contributed by atoms with E-state index in [9.17, 15) is 30.4 Å². The van der Waals surface area contributed by atoms with Crippen LogP contribution in [0.25, 0.3) is 12.2 Å². The van der Waals surface area contributed by atoms with Crippen molar-refractivity contribution in [1.82, 2.24) is 5.06 Å². The van der Waals surface area contributed by atoms with Crippen molar-refractivity contribution in [3.8, 4) is 35.4 Å². The summed E-state index contributed by atoms with van der Waals surface area (Å²) in [7, 11) is 0. The van der Waals surface area contributed by atoms with E-state index in [1.54, 1.807) is 18.2 Å². The van der Waals surface area contributed by atoms with Gasteiger partial charge in [0.25, 0.3) is 0 Å². The van der Waals surface area contributed by atoms with Crippen LogP contribution in [0.3, 0.4) is 0 Å². The van der Waals surface area contributed by atoms with Gasteiger partial charge in [0.1, 0.15) is 23.2 Å². The maximum absolute atomic E-state index is 11.4. The molecule has 5 N–H and O–H groups in total. The summed E-state index contributed by atoms with van der Waals surface area (Å²) in [6.45, 7) is 1.04. The number of aromatic hydroxyl groups is 3. The van der Waals surface area contributed by atoms with E-state index in [-0.39, 0.29) is 27.9 Å². The maximum Gasteiger partial charge on any atom is 0.231 e. The third-order valence-electron chi connectivity index (χ3n) is 5.10. The fraction of sp³-hybridized carbons (Fsp3) is 0.273. The van der Waals surface area contributed by atoms with Gasteiger partial charge in [-0.3, -0.25) is 0 Å². The summed E-state index contributed by atoms with van der Waals surface area (Å²) in [5.41, 5.74) is -1.52. The summed E-state index contributed by atoms with van der Waals surface area (Å²) in [5.74, 6) is -1.11. The molecule has 1 heterocycles. The summed E-state index contributed by atoms with van der Waals surface area (Å²) in [4.78, 5) is 16.4. The zero-order valence-electron chi connectivity index (χ0n) is 18.1. The summed E-state index contributed by atoms with van der Waals surface area (Å²) >= 11 is 0. The number of hydrogen-bond donors (Lipinski definition) is 5. The monoisotopic (exact) mass is 484 g/mol. The molecule has 0 spiro atoms. The lowest BCUT2D eigenvalue weighted by molar-refractivity contribution is -0.372. The average Bonchev–Trinajstić information content (AvgIpc) is 2.81. The SMILES string of the molecule is CC1(O)C(ON(C#N)C#N)OC(Oc2c(O)cc(O)cc2/C=C/c2ccc(O)cc2)C(O)C1N=O. The molecular formula is C22H20N4O9. The van der Waals surface area contributed by atoms with E-state index in [0.717, 1.165) is 13.0 Å². The molecule has 0 saturated carbocycles. The number of phenolic OH excluding ortho intramolecular Hbond substituents is 3. The molecule has 35 heavy (non-hydrogen) atoms. The van der Waals surface area contributed by atoms with Gasteiger partial charge in [-0.2, -0.15) is 15.4 Å². The first-order chi connectivity index (χ1) is 16.6. The maximum atomic E-state index is 11.4. The molecule has 182 valence electrons. The third kappa shape index (κ3) is 5.40. The van der Waals surface area contributed by atoms with Crippen LogP contribution in [0.4, 0.5) is 0 Å². The number of aliphatic hydroxyl groups is 2. The van der Waals surface area contributed by atoms with Crippen LogP contribution in [0.2, 0.25) is 0 Å². The smallest absolute Gasteiger partial charge is 0.231 e. The van der Waals surface area contributed by atoms with Gasteiger partial charge in [-0.1, -0.05) is 34.5 Å².